The number of para-hydroxylation sites is 1. The summed E-state index contributed by atoms with van der Waals surface area (Å²) in [4.78, 5) is 11.6. The predicted molar refractivity (Wildman–Crippen MR) is 93.9 cm³/mol. The minimum atomic E-state index is -0.872. The van der Waals surface area contributed by atoms with E-state index in [1.807, 2.05) is 18.2 Å². The van der Waals surface area contributed by atoms with E-state index >= 15 is 0 Å². The van der Waals surface area contributed by atoms with Crippen LogP contribution in [0, 0.1) is 5.92 Å². The number of halogens is 1. The minimum absolute atomic E-state index is 0.00602. The number of hydrogen-bond donors (Lipinski definition) is 2. The van der Waals surface area contributed by atoms with Crippen molar-refractivity contribution in [2.24, 2.45) is 5.92 Å². The summed E-state index contributed by atoms with van der Waals surface area (Å²) in [6.45, 7) is 0. The van der Waals surface area contributed by atoms with Gasteiger partial charge in [0.1, 0.15) is 0 Å². The van der Waals surface area contributed by atoms with Crippen LogP contribution in [0.2, 0.25) is 0 Å². The quantitative estimate of drug-likeness (QED) is 0.734. The summed E-state index contributed by atoms with van der Waals surface area (Å²) in [6.07, 6.45) is 5.43. The van der Waals surface area contributed by atoms with E-state index in [9.17, 15) is 9.90 Å². The first-order chi connectivity index (χ1) is 11.2. The molecule has 0 fully saturated rings. The highest BCUT2D eigenvalue weighted by Crippen LogP contribution is 2.51. The van der Waals surface area contributed by atoms with Crippen LogP contribution in [0.15, 0.2) is 59.1 Å². The van der Waals surface area contributed by atoms with Crippen LogP contribution in [-0.2, 0) is 0 Å². The fourth-order valence-electron chi connectivity index (χ4n) is 3.85. The van der Waals surface area contributed by atoms with Crippen LogP contribution in [0.25, 0.3) is 0 Å². The molecule has 0 saturated heterocycles. The van der Waals surface area contributed by atoms with Gasteiger partial charge in [0.15, 0.2) is 0 Å². The monoisotopic (exact) mass is 369 g/mol. The summed E-state index contributed by atoms with van der Waals surface area (Å²) in [7, 11) is 0. The van der Waals surface area contributed by atoms with E-state index in [1.54, 1.807) is 12.1 Å². The number of carbonyl (C=O) groups is 1. The van der Waals surface area contributed by atoms with Crippen molar-refractivity contribution in [2.75, 3.05) is 5.32 Å². The predicted octanol–water partition coefficient (Wildman–Crippen LogP) is 4.97. The highest BCUT2D eigenvalue weighted by atomic mass is 79.9. The van der Waals surface area contributed by atoms with E-state index < -0.39 is 5.97 Å². The van der Waals surface area contributed by atoms with Gasteiger partial charge in [0.05, 0.1) is 17.3 Å². The molecule has 0 amide bonds. The molecule has 2 aromatic rings. The fourth-order valence-corrected chi connectivity index (χ4v) is 4.35. The zero-order valence-electron chi connectivity index (χ0n) is 12.4. The van der Waals surface area contributed by atoms with Gasteiger partial charge < -0.3 is 10.4 Å². The van der Waals surface area contributed by atoms with Crippen molar-refractivity contribution in [3.8, 4) is 0 Å². The number of rotatable bonds is 2. The minimum Gasteiger partial charge on any atom is -0.478 e. The lowest BCUT2D eigenvalue weighted by molar-refractivity contribution is 0.0694. The molecule has 1 aliphatic carbocycles. The Labute approximate surface area is 143 Å². The van der Waals surface area contributed by atoms with Crippen LogP contribution in [-0.4, -0.2) is 11.1 Å². The Bertz CT molecular complexity index is 815. The molecule has 2 N–H and O–H groups in total. The smallest absolute Gasteiger partial charge is 0.336 e. The number of carboxylic acids is 1. The molecule has 3 atom stereocenters. The van der Waals surface area contributed by atoms with Gasteiger partial charge >= 0.3 is 5.97 Å². The second-order valence-electron chi connectivity index (χ2n) is 6.07. The molecular formula is C19H16BrNO2. The van der Waals surface area contributed by atoms with Crippen molar-refractivity contribution in [1.82, 2.24) is 0 Å². The van der Waals surface area contributed by atoms with Gasteiger partial charge in [0.2, 0.25) is 0 Å². The number of hydrogen-bond acceptors (Lipinski definition) is 2. The maximum Gasteiger partial charge on any atom is 0.336 e. The van der Waals surface area contributed by atoms with Gasteiger partial charge in [0, 0.05) is 10.4 Å². The van der Waals surface area contributed by atoms with Crippen LogP contribution in [0.3, 0.4) is 0 Å². The van der Waals surface area contributed by atoms with Gasteiger partial charge in [-0.1, -0.05) is 42.5 Å². The second kappa shape index (κ2) is 5.53. The van der Waals surface area contributed by atoms with Gasteiger partial charge in [-0.3, -0.25) is 0 Å². The van der Waals surface area contributed by atoms with Gasteiger partial charge in [0.25, 0.3) is 0 Å². The normalized spacial score (nSPS) is 24.7. The number of benzene rings is 2. The van der Waals surface area contributed by atoms with Crippen molar-refractivity contribution >= 4 is 27.6 Å². The molecule has 23 heavy (non-hydrogen) atoms. The topological polar surface area (TPSA) is 49.3 Å². The average molecular weight is 370 g/mol. The van der Waals surface area contributed by atoms with E-state index in [2.05, 4.69) is 45.5 Å². The highest BCUT2D eigenvalue weighted by Gasteiger charge is 2.39. The van der Waals surface area contributed by atoms with E-state index in [0.29, 0.717) is 17.4 Å². The Morgan fingerprint density at radius 1 is 1.13 bits per heavy atom. The molecule has 0 bridgehead atoms. The van der Waals surface area contributed by atoms with Crippen molar-refractivity contribution in [1.29, 1.82) is 0 Å². The molecule has 116 valence electrons. The zero-order valence-corrected chi connectivity index (χ0v) is 14.0. The Kier molecular flexibility index (Phi) is 3.49. The number of fused-ring (bicyclic) bond motifs is 3. The van der Waals surface area contributed by atoms with Crippen molar-refractivity contribution in [3.63, 3.8) is 0 Å². The van der Waals surface area contributed by atoms with E-state index in [0.717, 1.165) is 22.1 Å². The summed E-state index contributed by atoms with van der Waals surface area (Å²) in [5, 5.41) is 13.1. The summed E-state index contributed by atoms with van der Waals surface area (Å²) in [5.41, 5.74) is 3.60. The van der Waals surface area contributed by atoms with E-state index in [1.165, 1.54) is 5.56 Å². The Morgan fingerprint density at radius 2 is 1.91 bits per heavy atom. The molecule has 4 heteroatoms. The fraction of sp³-hybridized carbons (Fsp3) is 0.211. The van der Waals surface area contributed by atoms with Crippen molar-refractivity contribution in [3.05, 3.63) is 75.8 Å². The van der Waals surface area contributed by atoms with Gasteiger partial charge in [-0.15, -0.1) is 0 Å². The number of allylic oxidation sites excluding steroid dienone is 2. The lowest BCUT2D eigenvalue weighted by Crippen LogP contribution is -2.30. The molecule has 0 spiro atoms. The SMILES string of the molecule is O=C(O)c1ccccc1[C@@H]1Nc2c(Br)cccc2[C@@H]2C=CC[C@H]21. The molecule has 2 aromatic carbocycles. The van der Waals surface area contributed by atoms with Gasteiger partial charge in [-0.2, -0.15) is 0 Å². The first-order valence-electron chi connectivity index (χ1n) is 7.70. The summed E-state index contributed by atoms with van der Waals surface area (Å²) < 4.78 is 1.02. The molecule has 4 rings (SSSR count). The molecule has 2 aliphatic rings. The largest absolute Gasteiger partial charge is 0.478 e. The second-order valence-corrected chi connectivity index (χ2v) is 6.93. The van der Waals surface area contributed by atoms with Crippen LogP contribution < -0.4 is 5.32 Å². The first kappa shape index (κ1) is 14.5. The third kappa shape index (κ3) is 2.29. The van der Waals surface area contributed by atoms with E-state index in [4.69, 9.17) is 0 Å². The molecule has 1 aliphatic heterocycles. The number of carboxylic acid groups (broad SMARTS) is 1. The average Bonchev–Trinajstić information content (AvgIpc) is 3.04. The van der Waals surface area contributed by atoms with E-state index in [-0.39, 0.29) is 6.04 Å². The number of anilines is 1. The molecule has 0 aromatic heterocycles. The molecule has 0 unspecified atom stereocenters. The maximum absolute atomic E-state index is 11.6. The highest BCUT2D eigenvalue weighted by molar-refractivity contribution is 9.10. The van der Waals surface area contributed by atoms with Crippen LogP contribution >= 0.6 is 15.9 Å². The van der Waals surface area contributed by atoms with Crippen molar-refractivity contribution < 1.29 is 9.90 Å². The first-order valence-corrected chi connectivity index (χ1v) is 8.50. The third-order valence-corrected chi connectivity index (χ3v) is 5.53. The number of aromatic carboxylic acids is 1. The van der Waals surface area contributed by atoms with Gasteiger partial charge in [-0.05, 0) is 51.5 Å². The standard InChI is InChI=1S/C19H16BrNO2/c20-16-10-4-9-13-11-7-3-8-12(11)17(21-18(13)16)14-5-1-2-6-15(14)19(22)23/h1-7,9-12,17,21H,8H2,(H,22,23)/t11-,12-,17-/m1/s1. The van der Waals surface area contributed by atoms with Crippen LogP contribution in [0.4, 0.5) is 5.69 Å². The Balaban J connectivity index is 1.86. The zero-order chi connectivity index (χ0) is 16.0. The lowest BCUT2D eigenvalue weighted by Gasteiger charge is -2.38. The third-order valence-electron chi connectivity index (χ3n) is 4.87. The van der Waals surface area contributed by atoms with Crippen molar-refractivity contribution in [2.45, 2.75) is 18.4 Å². The molecule has 1 heterocycles. The summed E-state index contributed by atoms with van der Waals surface area (Å²) in [6, 6.07) is 13.5. The Morgan fingerprint density at radius 3 is 2.74 bits per heavy atom. The lowest BCUT2D eigenvalue weighted by atomic mass is 9.76. The molecule has 0 saturated carbocycles. The molecular weight excluding hydrogens is 354 g/mol. The summed E-state index contributed by atoms with van der Waals surface area (Å²) >= 11 is 3.62. The molecule has 0 radical (unpaired) electrons. The number of nitrogens with one attached hydrogen (secondary N) is 1. The maximum atomic E-state index is 11.6. The Hall–Kier alpha value is -2.07. The summed E-state index contributed by atoms with van der Waals surface area (Å²) in [5.74, 6) is -0.198. The van der Waals surface area contributed by atoms with Gasteiger partial charge in [-0.25, -0.2) is 4.79 Å². The molecule has 3 nitrogen and oxygen atoms in total. The van der Waals surface area contributed by atoms with Crippen LogP contribution in [0.5, 0.6) is 0 Å². The van der Waals surface area contributed by atoms with Crippen LogP contribution in [0.1, 0.15) is 39.9 Å².